The Bertz CT molecular complexity index is 313. The molecule has 0 aromatic rings. The standard InChI is InChI=1S/C13H22N2O2/c16-12-4-3-11-9-14(7-8-15(11)12)10-13(17)5-1-2-6-13/h11,17H,1-10H2. The van der Waals surface area contributed by atoms with E-state index in [1.807, 2.05) is 4.90 Å². The maximum absolute atomic E-state index is 11.6. The Kier molecular flexibility index (Phi) is 2.87. The van der Waals surface area contributed by atoms with Gasteiger partial charge in [-0.25, -0.2) is 0 Å². The maximum atomic E-state index is 11.6. The normalized spacial score (nSPS) is 33.1. The minimum Gasteiger partial charge on any atom is -0.389 e. The maximum Gasteiger partial charge on any atom is 0.222 e. The Morgan fingerprint density at radius 2 is 2.06 bits per heavy atom. The summed E-state index contributed by atoms with van der Waals surface area (Å²) in [6.45, 7) is 3.57. The van der Waals surface area contributed by atoms with E-state index in [9.17, 15) is 9.90 Å². The summed E-state index contributed by atoms with van der Waals surface area (Å²) in [5, 5.41) is 10.4. The van der Waals surface area contributed by atoms with Gasteiger partial charge in [-0.3, -0.25) is 9.69 Å². The molecule has 3 fully saturated rings. The van der Waals surface area contributed by atoms with Gasteiger partial charge in [0.15, 0.2) is 0 Å². The van der Waals surface area contributed by atoms with Crippen LogP contribution in [0.1, 0.15) is 38.5 Å². The number of aliphatic hydroxyl groups is 1. The predicted molar refractivity (Wildman–Crippen MR) is 64.6 cm³/mol. The predicted octanol–water partition coefficient (Wildman–Crippen LogP) is 0.598. The number of hydrogen-bond donors (Lipinski definition) is 1. The van der Waals surface area contributed by atoms with Gasteiger partial charge in [0, 0.05) is 38.6 Å². The first kappa shape index (κ1) is 11.5. The van der Waals surface area contributed by atoms with Crippen LogP contribution in [0.15, 0.2) is 0 Å². The Hall–Kier alpha value is -0.610. The fourth-order valence-corrected chi connectivity index (χ4v) is 3.68. The van der Waals surface area contributed by atoms with Crippen LogP contribution in [-0.4, -0.2) is 58.6 Å². The zero-order chi connectivity index (χ0) is 11.9. The number of rotatable bonds is 2. The van der Waals surface area contributed by atoms with E-state index in [0.717, 1.165) is 51.9 Å². The van der Waals surface area contributed by atoms with Gasteiger partial charge < -0.3 is 10.0 Å². The third-order valence-electron chi connectivity index (χ3n) is 4.63. The second kappa shape index (κ2) is 4.25. The molecule has 4 heteroatoms. The van der Waals surface area contributed by atoms with Crippen molar-refractivity contribution in [2.24, 2.45) is 0 Å². The van der Waals surface area contributed by atoms with Crippen LogP contribution in [-0.2, 0) is 4.79 Å². The molecular formula is C13H22N2O2. The molecule has 0 radical (unpaired) electrons. The monoisotopic (exact) mass is 238 g/mol. The van der Waals surface area contributed by atoms with E-state index in [2.05, 4.69) is 4.90 Å². The number of carbonyl (C=O) groups excluding carboxylic acids is 1. The third-order valence-corrected chi connectivity index (χ3v) is 4.63. The van der Waals surface area contributed by atoms with E-state index in [1.54, 1.807) is 0 Å². The van der Waals surface area contributed by atoms with Crippen molar-refractivity contribution >= 4 is 5.91 Å². The first-order chi connectivity index (χ1) is 8.16. The number of hydrogen-bond acceptors (Lipinski definition) is 3. The summed E-state index contributed by atoms with van der Waals surface area (Å²) in [6, 6.07) is 0.418. The SMILES string of the molecule is O=C1CCC2CN(CC3(O)CCCC3)CCN12. The van der Waals surface area contributed by atoms with Crippen LogP contribution >= 0.6 is 0 Å². The number of β-amino-alcohol motifs (C(OH)–C–C–N with tert-alkyl or cyclic N) is 1. The van der Waals surface area contributed by atoms with Crippen molar-refractivity contribution in [1.29, 1.82) is 0 Å². The topological polar surface area (TPSA) is 43.8 Å². The molecule has 2 aliphatic heterocycles. The largest absolute Gasteiger partial charge is 0.389 e. The van der Waals surface area contributed by atoms with Gasteiger partial charge in [-0.1, -0.05) is 12.8 Å². The van der Waals surface area contributed by atoms with Crippen molar-refractivity contribution in [2.75, 3.05) is 26.2 Å². The molecule has 1 N–H and O–H groups in total. The van der Waals surface area contributed by atoms with Crippen LogP contribution in [0.5, 0.6) is 0 Å². The van der Waals surface area contributed by atoms with Crippen LogP contribution in [0.3, 0.4) is 0 Å². The smallest absolute Gasteiger partial charge is 0.222 e. The number of nitrogens with zero attached hydrogens (tertiary/aromatic N) is 2. The summed E-state index contributed by atoms with van der Waals surface area (Å²) in [6.07, 6.45) is 5.97. The van der Waals surface area contributed by atoms with E-state index >= 15 is 0 Å². The lowest BCUT2D eigenvalue weighted by Crippen LogP contribution is -2.54. The Balaban J connectivity index is 1.58. The summed E-state index contributed by atoms with van der Waals surface area (Å²) in [7, 11) is 0. The molecule has 96 valence electrons. The summed E-state index contributed by atoms with van der Waals surface area (Å²) < 4.78 is 0. The summed E-state index contributed by atoms with van der Waals surface area (Å²) >= 11 is 0. The molecule has 4 nitrogen and oxygen atoms in total. The van der Waals surface area contributed by atoms with E-state index in [4.69, 9.17) is 0 Å². The lowest BCUT2D eigenvalue weighted by atomic mass is 10.0. The van der Waals surface area contributed by atoms with Crippen LogP contribution in [0.25, 0.3) is 0 Å². The molecule has 1 unspecified atom stereocenters. The quantitative estimate of drug-likeness (QED) is 0.766. The highest BCUT2D eigenvalue weighted by molar-refractivity contribution is 5.78. The van der Waals surface area contributed by atoms with Crippen molar-refractivity contribution in [3.63, 3.8) is 0 Å². The molecule has 0 aromatic carbocycles. The van der Waals surface area contributed by atoms with Gasteiger partial charge in [0.05, 0.1) is 5.60 Å². The van der Waals surface area contributed by atoms with Crippen molar-refractivity contribution in [3.8, 4) is 0 Å². The van der Waals surface area contributed by atoms with Crippen molar-refractivity contribution in [2.45, 2.75) is 50.2 Å². The molecule has 3 aliphatic rings. The fourth-order valence-electron chi connectivity index (χ4n) is 3.68. The van der Waals surface area contributed by atoms with Gasteiger partial charge in [-0.05, 0) is 19.3 Å². The Labute approximate surface area is 103 Å². The second-order valence-electron chi connectivity index (χ2n) is 5.95. The summed E-state index contributed by atoms with van der Waals surface area (Å²) in [4.78, 5) is 16.0. The van der Waals surface area contributed by atoms with Gasteiger partial charge in [0.25, 0.3) is 0 Å². The second-order valence-corrected chi connectivity index (χ2v) is 5.95. The van der Waals surface area contributed by atoms with Gasteiger partial charge in [-0.2, -0.15) is 0 Å². The van der Waals surface area contributed by atoms with Gasteiger partial charge in [0.1, 0.15) is 0 Å². The molecule has 0 aromatic heterocycles. The lowest BCUT2D eigenvalue weighted by molar-refractivity contribution is -0.131. The molecule has 17 heavy (non-hydrogen) atoms. The molecule has 3 rings (SSSR count). The van der Waals surface area contributed by atoms with Gasteiger partial charge in [0.2, 0.25) is 5.91 Å². The lowest BCUT2D eigenvalue weighted by Gasteiger charge is -2.40. The number of carbonyl (C=O) groups is 1. The highest BCUT2D eigenvalue weighted by atomic mass is 16.3. The minimum absolute atomic E-state index is 0.328. The van der Waals surface area contributed by atoms with Crippen LogP contribution in [0, 0.1) is 0 Å². The van der Waals surface area contributed by atoms with Gasteiger partial charge in [-0.15, -0.1) is 0 Å². The third kappa shape index (κ3) is 2.20. The van der Waals surface area contributed by atoms with Crippen LogP contribution < -0.4 is 0 Å². The zero-order valence-electron chi connectivity index (χ0n) is 10.4. The van der Waals surface area contributed by atoms with Crippen molar-refractivity contribution < 1.29 is 9.90 Å². The summed E-state index contributed by atoms with van der Waals surface area (Å²) in [5.74, 6) is 0.328. The molecule has 1 aliphatic carbocycles. The average Bonchev–Trinajstić information content (AvgIpc) is 2.87. The van der Waals surface area contributed by atoms with Gasteiger partial charge >= 0.3 is 0 Å². The van der Waals surface area contributed by atoms with E-state index in [0.29, 0.717) is 11.9 Å². The molecule has 0 spiro atoms. The van der Waals surface area contributed by atoms with E-state index < -0.39 is 5.60 Å². The molecule has 1 amide bonds. The summed E-state index contributed by atoms with van der Waals surface area (Å²) in [5.41, 5.74) is -0.440. The van der Waals surface area contributed by atoms with Crippen molar-refractivity contribution in [3.05, 3.63) is 0 Å². The average molecular weight is 238 g/mol. The van der Waals surface area contributed by atoms with E-state index in [-0.39, 0.29) is 0 Å². The minimum atomic E-state index is -0.440. The zero-order valence-corrected chi connectivity index (χ0v) is 10.4. The molecule has 0 bridgehead atoms. The number of piperazine rings is 1. The first-order valence-electron chi connectivity index (χ1n) is 6.91. The highest BCUT2D eigenvalue weighted by Crippen LogP contribution is 2.31. The molecule has 2 heterocycles. The molecular weight excluding hydrogens is 216 g/mol. The number of amides is 1. The molecule has 1 saturated carbocycles. The molecule has 2 saturated heterocycles. The number of fused-ring (bicyclic) bond motifs is 1. The van der Waals surface area contributed by atoms with Crippen LogP contribution in [0.2, 0.25) is 0 Å². The Morgan fingerprint density at radius 1 is 1.29 bits per heavy atom. The fraction of sp³-hybridized carbons (Fsp3) is 0.923. The van der Waals surface area contributed by atoms with E-state index in [1.165, 1.54) is 12.8 Å². The van der Waals surface area contributed by atoms with Crippen molar-refractivity contribution in [1.82, 2.24) is 9.80 Å². The molecule has 1 atom stereocenters. The van der Waals surface area contributed by atoms with Crippen LogP contribution in [0.4, 0.5) is 0 Å². The Morgan fingerprint density at radius 3 is 2.82 bits per heavy atom. The highest BCUT2D eigenvalue weighted by Gasteiger charge is 2.39. The first-order valence-corrected chi connectivity index (χ1v) is 6.91.